The molecule has 1 aromatic heterocycles. The van der Waals surface area contributed by atoms with E-state index in [0.717, 1.165) is 11.4 Å². The molecule has 4 heteroatoms. The molecule has 3 rings (SSSR count). The van der Waals surface area contributed by atoms with Gasteiger partial charge in [0.25, 0.3) is 0 Å². The Kier molecular flexibility index (Phi) is 2.50. The van der Waals surface area contributed by atoms with Crippen molar-refractivity contribution in [2.75, 3.05) is 11.9 Å². The maximum absolute atomic E-state index is 5.91. The molecule has 0 aliphatic carbocycles. The number of anilines is 1. The lowest BCUT2D eigenvalue weighted by Crippen LogP contribution is -2.22. The van der Waals surface area contributed by atoms with Crippen molar-refractivity contribution in [2.45, 2.75) is 6.04 Å². The van der Waals surface area contributed by atoms with Crippen molar-refractivity contribution in [1.29, 1.82) is 0 Å². The number of hydrogen-bond donors (Lipinski definition) is 1. The van der Waals surface area contributed by atoms with Gasteiger partial charge >= 0.3 is 0 Å². The molecule has 1 unspecified atom stereocenters. The first-order valence-corrected chi connectivity index (χ1v) is 6.31. The predicted octanol–water partition coefficient (Wildman–Crippen LogP) is 3.95. The second kappa shape index (κ2) is 4.00. The van der Waals surface area contributed by atoms with E-state index in [2.05, 4.69) is 22.8 Å². The molecule has 1 aromatic carbocycles. The Morgan fingerprint density at radius 2 is 2.31 bits per heavy atom. The second-order valence-electron chi connectivity index (χ2n) is 3.66. The first kappa shape index (κ1) is 10.00. The Morgan fingerprint density at radius 1 is 1.38 bits per heavy atom. The Bertz CT molecular complexity index is 498. The molecule has 2 aromatic rings. The van der Waals surface area contributed by atoms with Gasteiger partial charge in [0.1, 0.15) is 12.4 Å². The minimum absolute atomic E-state index is 0.244. The molecule has 0 amide bonds. The van der Waals surface area contributed by atoms with Crippen LogP contribution in [0.1, 0.15) is 10.9 Å². The summed E-state index contributed by atoms with van der Waals surface area (Å²) in [6.07, 6.45) is 0. The third-order valence-corrected chi connectivity index (χ3v) is 3.79. The fraction of sp³-hybridized carbons (Fsp3) is 0.167. The smallest absolute Gasteiger partial charge is 0.144 e. The van der Waals surface area contributed by atoms with Gasteiger partial charge in [-0.15, -0.1) is 11.3 Å². The van der Waals surface area contributed by atoms with Crippen LogP contribution in [0, 0.1) is 0 Å². The molecule has 0 bridgehead atoms. The monoisotopic (exact) mass is 251 g/mol. The fourth-order valence-corrected chi connectivity index (χ4v) is 2.70. The van der Waals surface area contributed by atoms with Gasteiger partial charge in [0, 0.05) is 16.0 Å². The average Bonchev–Trinajstić information content (AvgIpc) is 2.82. The van der Waals surface area contributed by atoms with Gasteiger partial charge < -0.3 is 10.1 Å². The molecule has 82 valence electrons. The van der Waals surface area contributed by atoms with Gasteiger partial charge in [-0.2, -0.15) is 0 Å². The molecule has 1 aliphatic heterocycles. The van der Waals surface area contributed by atoms with E-state index in [1.165, 1.54) is 4.88 Å². The van der Waals surface area contributed by atoms with Gasteiger partial charge in [0.2, 0.25) is 0 Å². The summed E-state index contributed by atoms with van der Waals surface area (Å²) in [4.78, 5) is 1.29. The van der Waals surface area contributed by atoms with E-state index in [-0.39, 0.29) is 6.04 Å². The zero-order chi connectivity index (χ0) is 11.0. The zero-order valence-electron chi connectivity index (χ0n) is 8.44. The van der Waals surface area contributed by atoms with Crippen LogP contribution in [0.15, 0.2) is 35.7 Å². The maximum atomic E-state index is 5.91. The SMILES string of the molecule is Clc1ccc2c(c1)OCC(c1cccs1)N2. The molecule has 0 saturated heterocycles. The number of ether oxygens (including phenoxy) is 1. The molecule has 2 nitrogen and oxygen atoms in total. The van der Waals surface area contributed by atoms with Crippen molar-refractivity contribution < 1.29 is 4.74 Å². The Balaban J connectivity index is 1.89. The van der Waals surface area contributed by atoms with E-state index in [1.54, 1.807) is 11.3 Å². The summed E-state index contributed by atoms with van der Waals surface area (Å²) in [6, 6.07) is 10.1. The van der Waals surface area contributed by atoms with Crippen molar-refractivity contribution in [2.24, 2.45) is 0 Å². The molecule has 1 N–H and O–H groups in total. The highest BCUT2D eigenvalue weighted by molar-refractivity contribution is 7.10. The van der Waals surface area contributed by atoms with Crippen LogP contribution in [-0.4, -0.2) is 6.61 Å². The molecule has 0 saturated carbocycles. The number of nitrogens with one attached hydrogen (secondary N) is 1. The number of rotatable bonds is 1. The Labute approximate surface area is 103 Å². The van der Waals surface area contributed by atoms with Crippen LogP contribution in [0.3, 0.4) is 0 Å². The van der Waals surface area contributed by atoms with E-state index >= 15 is 0 Å². The summed E-state index contributed by atoms with van der Waals surface area (Å²) in [5.74, 6) is 0.834. The first-order valence-electron chi connectivity index (χ1n) is 5.05. The third kappa shape index (κ3) is 1.77. The highest BCUT2D eigenvalue weighted by Crippen LogP contribution is 2.36. The summed E-state index contributed by atoms with van der Waals surface area (Å²) in [5.41, 5.74) is 1.01. The van der Waals surface area contributed by atoms with E-state index in [4.69, 9.17) is 16.3 Å². The molecular formula is C12H10ClNOS. The van der Waals surface area contributed by atoms with Crippen LogP contribution >= 0.6 is 22.9 Å². The summed E-state index contributed by atoms with van der Waals surface area (Å²) in [6.45, 7) is 0.647. The van der Waals surface area contributed by atoms with Gasteiger partial charge in [-0.3, -0.25) is 0 Å². The number of thiophene rings is 1. The lowest BCUT2D eigenvalue weighted by atomic mass is 10.2. The quantitative estimate of drug-likeness (QED) is 0.829. The third-order valence-electron chi connectivity index (χ3n) is 2.57. The Hall–Kier alpha value is -1.19. The van der Waals surface area contributed by atoms with Crippen molar-refractivity contribution in [1.82, 2.24) is 0 Å². The van der Waals surface area contributed by atoms with Gasteiger partial charge in [-0.05, 0) is 23.6 Å². The number of benzene rings is 1. The van der Waals surface area contributed by atoms with E-state index in [9.17, 15) is 0 Å². The lowest BCUT2D eigenvalue weighted by Gasteiger charge is -2.26. The number of fused-ring (bicyclic) bond motifs is 1. The van der Waals surface area contributed by atoms with Crippen LogP contribution in [-0.2, 0) is 0 Å². The number of halogens is 1. The molecule has 0 radical (unpaired) electrons. The molecule has 16 heavy (non-hydrogen) atoms. The standard InChI is InChI=1S/C12H10ClNOS/c13-8-3-4-9-11(6-8)15-7-10(14-9)12-2-1-5-16-12/h1-6,10,14H,7H2. The molecule has 1 atom stereocenters. The summed E-state index contributed by atoms with van der Waals surface area (Å²) < 4.78 is 5.70. The number of hydrogen-bond acceptors (Lipinski definition) is 3. The summed E-state index contributed by atoms with van der Waals surface area (Å²) in [7, 11) is 0. The predicted molar refractivity (Wildman–Crippen MR) is 67.6 cm³/mol. The maximum Gasteiger partial charge on any atom is 0.144 e. The fourth-order valence-electron chi connectivity index (χ4n) is 1.78. The minimum Gasteiger partial charge on any atom is -0.489 e. The van der Waals surface area contributed by atoms with Crippen LogP contribution < -0.4 is 10.1 Å². The molecular weight excluding hydrogens is 242 g/mol. The largest absolute Gasteiger partial charge is 0.489 e. The van der Waals surface area contributed by atoms with Crippen LogP contribution in [0.25, 0.3) is 0 Å². The summed E-state index contributed by atoms with van der Waals surface area (Å²) in [5, 5.41) is 6.23. The summed E-state index contributed by atoms with van der Waals surface area (Å²) >= 11 is 7.65. The van der Waals surface area contributed by atoms with E-state index in [1.807, 2.05) is 18.2 Å². The lowest BCUT2D eigenvalue weighted by molar-refractivity contribution is 0.288. The second-order valence-corrected chi connectivity index (χ2v) is 5.08. The van der Waals surface area contributed by atoms with Crippen molar-refractivity contribution >= 4 is 28.6 Å². The zero-order valence-corrected chi connectivity index (χ0v) is 10.0. The van der Waals surface area contributed by atoms with E-state index < -0.39 is 0 Å². The Morgan fingerprint density at radius 3 is 3.12 bits per heavy atom. The molecule has 0 spiro atoms. The van der Waals surface area contributed by atoms with E-state index in [0.29, 0.717) is 11.6 Å². The minimum atomic E-state index is 0.244. The highest BCUT2D eigenvalue weighted by Gasteiger charge is 2.20. The molecule has 2 heterocycles. The average molecular weight is 252 g/mol. The molecule has 1 aliphatic rings. The molecule has 0 fully saturated rings. The highest BCUT2D eigenvalue weighted by atomic mass is 35.5. The normalized spacial score (nSPS) is 18.4. The topological polar surface area (TPSA) is 21.3 Å². The van der Waals surface area contributed by atoms with Crippen molar-refractivity contribution in [3.8, 4) is 5.75 Å². The van der Waals surface area contributed by atoms with Gasteiger partial charge in [0.05, 0.1) is 11.7 Å². The van der Waals surface area contributed by atoms with Crippen LogP contribution in [0.2, 0.25) is 5.02 Å². The van der Waals surface area contributed by atoms with Gasteiger partial charge in [-0.25, -0.2) is 0 Å². The van der Waals surface area contributed by atoms with Gasteiger partial charge in [0.15, 0.2) is 0 Å². The van der Waals surface area contributed by atoms with Crippen LogP contribution in [0.4, 0.5) is 5.69 Å². The van der Waals surface area contributed by atoms with Crippen LogP contribution in [0.5, 0.6) is 5.75 Å². The van der Waals surface area contributed by atoms with Crippen molar-refractivity contribution in [3.63, 3.8) is 0 Å². The van der Waals surface area contributed by atoms with Crippen molar-refractivity contribution in [3.05, 3.63) is 45.6 Å². The first-order chi connectivity index (χ1) is 7.83. The van der Waals surface area contributed by atoms with Gasteiger partial charge in [-0.1, -0.05) is 17.7 Å².